The number of nitrogens with two attached hydrogens (primary N) is 1. The standard InChI is InChI=1S/C10H15N3O/c1-3-14-7-13-9-6-4-5-8(11)10(9)12-2/h4-7,12H,3,11H2,1-2H3. The van der Waals surface area contributed by atoms with Gasteiger partial charge in [-0.25, -0.2) is 4.99 Å². The number of hydrogen-bond donors (Lipinski definition) is 2. The lowest BCUT2D eigenvalue weighted by Gasteiger charge is -2.07. The molecule has 0 heterocycles. The van der Waals surface area contributed by atoms with Crippen LogP contribution in [0.25, 0.3) is 0 Å². The smallest absolute Gasteiger partial charge is 0.174 e. The molecule has 0 radical (unpaired) electrons. The van der Waals surface area contributed by atoms with E-state index in [2.05, 4.69) is 10.3 Å². The zero-order valence-corrected chi connectivity index (χ0v) is 8.45. The van der Waals surface area contributed by atoms with E-state index in [1.807, 2.05) is 32.2 Å². The van der Waals surface area contributed by atoms with E-state index in [9.17, 15) is 0 Å². The molecule has 14 heavy (non-hydrogen) atoms. The number of nitrogens with one attached hydrogen (secondary N) is 1. The van der Waals surface area contributed by atoms with Gasteiger partial charge in [0.25, 0.3) is 0 Å². The van der Waals surface area contributed by atoms with E-state index in [4.69, 9.17) is 10.5 Å². The predicted molar refractivity (Wildman–Crippen MR) is 60.2 cm³/mol. The lowest BCUT2D eigenvalue weighted by Crippen LogP contribution is -1.95. The van der Waals surface area contributed by atoms with Crippen LogP contribution >= 0.6 is 0 Å². The third-order valence-corrected chi connectivity index (χ3v) is 1.76. The Morgan fingerprint density at radius 3 is 3.00 bits per heavy atom. The molecule has 4 heteroatoms. The average Bonchev–Trinajstić information content (AvgIpc) is 2.18. The highest BCUT2D eigenvalue weighted by Crippen LogP contribution is 2.29. The van der Waals surface area contributed by atoms with E-state index in [1.165, 1.54) is 6.40 Å². The first-order valence-electron chi connectivity index (χ1n) is 4.50. The molecule has 76 valence electrons. The minimum atomic E-state index is 0.612. The summed E-state index contributed by atoms with van der Waals surface area (Å²) in [6.07, 6.45) is 1.43. The maximum absolute atomic E-state index is 5.76. The van der Waals surface area contributed by atoms with Crippen molar-refractivity contribution in [3.05, 3.63) is 18.2 Å². The third-order valence-electron chi connectivity index (χ3n) is 1.76. The first-order valence-corrected chi connectivity index (χ1v) is 4.50. The fourth-order valence-electron chi connectivity index (χ4n) is 1.11. The number of para-hydroxylation sites is 1. The van der Waals surface area contributed by atoms with Crippen LogP contribution in [0.15, 0.2) is 23.2 Å². The molecule has 0 unspecified atom stereocenters. The molecule has 0 saturated heterocycles. The van der Waals surface area contributed by atoms with Crippen LogP contribution in [-0.4, -0.2) is 20.1 Å². The molecule has 0 aliphatic rings. The number of nitrogens with zero attached hydrogens (tertiary/aromatic N) is 1. The molecule has 1 aromatic rings. The summed E-state index contributed by atoms with van der Waals surface area (Å²) in [6, 6.07) is 5.55. The van der Waals surface area contributed by atoms with Crippen LogP contribution in [-0.2, 0) is 4.74 Å². The van der Waals surface area contributed by atoms with E-state index in [0.717, 1.165) is 11.4 Å². The summed E-state index contributed by atoms with van der Waals surface area (Å²) in [5, 5.41) is 3.00. The molecule has 0 spiro atoms. The van der Waals surface area contributed by atoms with E-state index in [1.54, 1.807) is 0 Å². The molecule has 0 amide bonds. The Balaban J connectivity index is 2.90. The lowest BCUT2D eigenvalue weighted by molar-refractivity contribution is 0.344. The van der Waals surface area contributed by atoms with Crippen LogP contribution in [0.3, 0.4) is 0 Å². The van der Waals surface area contributed by atoms with Crippen molar-refractivity contribution in [2.24, 2.45) is 4.99 Å². The first-order chi connectivity index (χ1) is 6.79. The van der Waals surface area contributed by atoms with Gasteiger partial charge in [-0.05, 0) is 19.1 Å². The van der Waals surface area contributed by atoms with Crippen molar-refractivity contribution in [2.45, 2.75) is 6.92 Å². The van der Waals surface area contributed by atoms with Gasteiger partial charge in [0, 0.05) is 7.05 Å². The largest absolute Gasteiger partial charge is 0.483 e. The Morgan fingerprint density at radius 2 is 2.36 bits per heavy atom. The average molecular weight is 193 g/mol. The van der Waals surface area contributed by atoms with Crippen LogP contribution in [0.5, 0.6) is 0 Å². The molecule has 0 aliphatic heterocycles. The van der Waals surface area contributed by atoms with Crippen LogP contribution in [0.2, 0.25) is 0 Å². The highest BCUT2D eigenvalue weighted by molar-refractivity contribution is 5.80. The fraction of sp³-hybridized carbons (Fsp3) is 0.300. The summed E-state index contributed by atoms with van der Waals surface area (Å²) >= 11 is 0. The zero-order chi connectivity index (χ0) is 10.4. The normalized spacial score (nSPS) is 10.4. The van der Waals surface area contributed by atoms with Crippen molar-refractivity contribution in [1.29, 1.82) is 0 Å². The molecule has 4 nitrogen and oxygen atoms in total. The second-order valence-electron chi connectivity index (χ2n) is 2.68. The van der Waals surface area contributed by atoms with E-state index in [-0.39, 0.29) is 0 Å². The van der Waals surface area contributed by atoms with Gasteiger partial charge in [0.05, 0.1) is 23.7 Å². The number of benzene rings is 1. The van der Waals surface area contributed by atoms with Gasteiger partial charge in [0.15, 0.2) is 6.40 Å². The molecular weight excluding hydrogens is 178 g/mol. The molecule has 0 atom stereocenters. The minimum Gasteiger partial charge on any atom is -0.483 e. The van der Waals surface area contributed by atoms with Crippen LogP contribution in [0.4, 0.5) is 17.1 Å². The second-order valence-corrected chi connectivity index (χ2v) is 2.68. The fourth-order valence-corrected chi connectivity index (χ4v) is 1.11. The highest BCUT2D eigenvalue weighted by atomic mass is 16.5. The Labute approximate surface area is 83.8 Å². The van der Waals surface area contributed by atoms with Gasteiger partial charge < -0.3 is 15.8 Å². The van der Waals surface area contributed by atoms with Crippen molar-refractivity contribution >= 4 is 23.5 Å². The molecular formula is C10H15N3O. The maximum Gasteiger partial charge on any atom is 0.174 e. The van der Waals surface area contributed by atoms with Crippen molar-refractivity contribution in [3.63, 3.8) is 0 Å². The second kappa shape index (κ2) is 5.11. The van der Waals surface area contributed by atoms with Crippen molar-refractivity contribution in [1.82, 2.24) is 0 Å². The van der Waals surface area contributed by atoms with Gasteiger partial charge in [0.1, 0.15) is 0 Å². The predicted octanol–water partition coefficient (Wildman–Crippen LogP) is 2.01. The zero-order valence-electron chi connectivity index (χ0n) is 8.45. The summed E-state index contributed by atoms with van der Waals surface area (Å²) < 4.78 is 5.02. The summed E-state index contributed by atoms with van der Waals surface area (Å²) in [6.45, 7) is 2.52. The number of hydrogen-bond acceptors (Lipinski definition) is 4. The van der Waals surface area contributed by atoms with Crippen molar-refractivity contribution in [3.8, 4) is 0 Å². The topological polar surface area (TPSA) is 59.6 Å². The van der Waals surface area contributed by atoms with E-state index >= 15 is 0 Å². The maximum atomic E-state index is 5.76. The summed E-state index contributed by atoms with van der Waals surface area (Å²) in [4.78, 5) is 4.14. The van der Waals surface area contributed by atoms with Crippen LogP contribution in [0, 0.1) is 0 Å². The van der Waals surface area contributed by atoms with Crippen molar-refractivity contribution in [2.75, 3.05) is 24.7 Å². The molecule has 0 bridgehead atoms. The molecule has 0 aromatic heterocycles. The molecule has 0 fully saturated rings. The molecule has 3 N–H and O–H groups in total. The first kappa shape index (κ1) is 10.4. The molecule has 1 rings (SSSR count). The van der Waals surface area contributed by atoms with E-state index < -0.39 is 0 Å². The van der Waals surface area contributed by atoms with Gasteiger partial charge in [-0.15, -0.1) is 0 Å². The van der Waals surface area contributed by atoms with Crippen LogP contribution in [0.1, 0.15) is 6.92 Å². The quantitative estimate of drug-likeness (QED) is 0.437. The number of nitrogen functional groups attached to an aromatic ring is 1. The SMILES string of the molecule is CCOC=Nc1cccc(N)c1NC. The molecule has 0 saturated carbocycles. The molecule has 1 aromatic carbocycles. The lowest BCUT2D eigenvalue weighted by atomic mass is 10.2. The monoisotopic (exact) mass is 193 g/mol. The third kappa shape index (κ3) is 2.39. The number of anilines is 2. The number of aliphatic imine (C=N–C) groups is 1. The Bertz CT molecular complexity index is 323. The highest BCUT2D eigenvalue weighted by Gasteiger charge is 2.01. The summed E-state index contributed by atoms with van der Waals surface area (Å²) in [5.41, 5.74) is 8.04. The van der Waals surface area contributed by atoms with Crippen molar-refractivity contribution < 1.29 is 4.74 Å². The summed E-state index contributed by atoms with van der Waals surface area (Å²) in [7, 11) is 1.81. The Hall–Kier alpha value is -1.71. The number of rotatable bonds is 4. The van der Waals surface area contributed by atoms with Gasteiger partial charge >= 0.3 is 0 Å². The Morgan fingerprint density at radius 1 is 1.57 bits per heavy atom. The van der Waals surface area contributed by atoms with Gasteiger partial charge in [-0.1, -0.05) is 6.07 Å². The van der Waals surface area contributed by atoms with Gasteiger partial charge in [-0.3, -0.25) is 0 Å². The minimum absolute atomic E-state index is 0.612. The summed E-state index contributed by atoms with van der Waals surface area (Å²) in [5.74, 6) is 0. The number of ether oxygens (including phenoxy) is 1. The van der Waals surface area contributed by atoms with Gasteiger partial charge in [-0.2, -0.15) is 0 Å². The Kier molecular flexibility index (Phi) is 3.79. The molecule has 0 aliphatic carbocycles. The van der Waals surface area contributed by atoms with Crippen LogP contribution < -0.4 is 11.1 Å². The van der Waals surface area contributed by atoms with Gasteiger partial charge in [0.2, 0.25) is 0 Å². The van der Waals surface area contributed by atoms with E-state index in [0.29, 0.717) is 12.3 Å².